The van der Waals surface area contributed by atoms with E-state index in [1.165, 1.54) is 5.56 Å². The number of piperidine rings is 1. The van der Waals surface area contributed by atoms with E-state index in [2.05, 4.69) is 10.1 Å². The summed E-state index contributed by atoms with van der Waals surface area (Å²) in [5.41, 5.74) is 3.27. The molecule has 29 heavy (non-hydrogen) atoms. The summed E-state index contributed by atoms with van der Waals surface area (Å²) in [6.07, 6.45) is 2.06. The molecule has 3 aromatic rings. The summed E-state index contributed by atoms with van der Waals surface area (Å²) in [6.45, 7) is 3.33. The van der Waals surface area contributed by atoms with Crippen LogP contribution in [0.4, 0.5) is 0 Å². The minimum Gasteiger partial charge on any atom is -0.497 e. The van der Waals surface area contributed by atoms with E-state index in [1.807, 2.05) is 60.4 Å². The summed E-state index contributed by atoms with van der Waals surface area (Å²) in [7, 11) is 1.66. The smallest absolute Gasteiger partial charge is 0.231 e. The molecule has 150 valence electrons. The van der Waals surface area contributed by atoms with E-state index in [9.17, 15) is 4.79 Å². The highest BCUT2D eigenvalue weighted by atomic mass is 16.5. The van der Waals surface area contributed by atoms with E-state index < -0.39 is 0 Å². The van der Waals surface area contributed by atoms with Crippen LogP contribution in [0.15, 0.2) is 53.1 Å². The molecule has 0 bridgehead atoms. The van der Waals surface area contributed by atoms with Crippen molar-refractivity contribution in [2.24, 2.45) is 0 Å². The minimum atomic E-state index is 0.0776. The van der Waals surface area contributed by atoms with Crippen molar-refractivity contribution in [1.82, 2.24) is 15.0 Å². The predicted molar refractivity (Wildman–Crippen MR) is 110 cm³/mol. The van der Waals surface area contributed by atoms with Gasteiger partial charge in [0.2, 0.25) is 17.6 Å². The summed E-state index contributed by atoms with van der Waals surface area (Å²) in [4.78, 5) is 18.9. The highest BCUT2D eigenvalue weighted by Crippen LogP contribution is 2.29. The SMILES string of the molecule is COc1ccc(CCN2C[C@@H](c3nc(-c4ccccc4C)no3)CCC2=O)cc1. The van der Waals surface area contributed by atoms with E-state index in [-0.39, 0.29) is 11.8 Å². The molecule has 2 aromatic carbocycles. The highest BCUT2D eigenvalue weighted by Gasteiger charge is 2.30. The Morgan fingerprint density at radius 3 is 2.72 bits per heavy atom. The maximum atomic E-state index is 12.4. The number of carbonyl (C=O) groups excluding carboxylic acids is 1. The molecule has 1 aliphatic rings. The maximum absolute atomic E-state index is 12.4. The lowest BCUT2D eigenvalue weighted by molar-refractivity contribution is -0.133. The van der Waals surface area contributed by atoms with Gasteiger partial charge < -0.3 is 14.2 Å². The predicted octanol–water partition coefficient (Wildman–Crippen LogP) is 4.00. The van der Waals surface area contributed by atoms with Crippen molar-refractivity contribution in [3.63, 3.8) is 0 Å². The zero-order valence-corrected chi connectivity index (χ0v) is 16.8. The lowest BCUT2D eigenvalue weighted by atomic mass is 9.97. The molecule has 1 saturated heterocycles. The number of rotatable bonds is 6. The Bertz CT molecular complexity index is 981. The van der Waals surface area contributed by atoms with Gasteiger partial charge in [0.1, 0.15) is 5.75 Å². The number of aryl methyl sites for hydroxylation is 1. The van der Waals surface area contributed by atoms with Crippen LogP contribution in [0.2, 0.25) is 0 Å². The minimum absolute atomic E-state index is 0.0776. The molecule has 1 amide bonds. The maximum Gasteiger partial charge on any atom is 0.231 e. The van der Waals surface area contributed by atoms with E-state index >= 15 is 0 Å². The molecule has 2 heterocycles. The van der Waals surface area contributed by atoms with Crippen molar-refractivity contribution < 1.29 is 14.1 Å². The van der Waals surface area contributed by atoms with E-state index in [1.54, 1.807) is 7.11 Å². The second kappa shape index (κ2) is 8.47. The standard InChI is InChI=1S/C23H25N3O3/c1-16-5-3-4-6-20(16)22-24-23(29-25-22)18-9-12-21(27)26(15-18)14-13-17-7-10-19(28-2)11-8-17/h3-8,10-11,18H,9,12-15H2,1-2H3/t18-/m0/s1. The Morgan fingerprint density at radius 1 is 1.17 bits per heavy atom. The summed E-state index contributed by atoms with van der Waals surface area (Å²) in [5.74, 6) is 2.33. The van der Waals surface area contributed by atoms with E-state index in [0.717, 1.165) is 29.7 Å². The molecule has 0 saturated carbocycles. The average molecular weight is 391 g/mol. The third-order valence-corrected chi connectivity index (χ3v) is 5.51. The Kier molecular flexibility index (Phi) is 5.60. The first kappa shape index (κ1) is 19.2. The van der Waals surface area contributed by atoms with Crippen LogP contribution >= 0.6 is 0 Å². The van der Waals surface area contributed by atoms with Crippen LogP contribution in [0.1, 0.15) is 35.8 Å². The molecule has 0 N–H and O–H groups in total. The number of amides is 1. The van der Waals surface area contributed by atoms with Crippen LogP contribution in [0.5, 0.6) is 5.75 Å². The second-order valence-electron chi connectivity index (χ2n) is 7.44. The first-order chi connectivity index (χ1) is 14.1. The van der Waals surface area contributed by atoms with Crippen LogP contribution in [0.25, 0.3) is 11.4 Å². The number of benzene rings is 2. The van der Waals surface area contributed by atoms with Crippen LogP contribution < -0.4 is 4.74 Å². The number of methoxy groups -OCH3 is 1. The zero-order valence-electron chi connectivity index (χ0n) is 16.8. The average Bonchev–Trinajstić information content (AvgIpc) is 3.24. The number of carbonyl (C=O) groups is 1. The fourth-order valence-electron chi connectivity index (χ4n) is 3.72. The van der Waals surface area contributed by atoms with Crippen molar-refractivity contribution in [2.45, 2.75) is 32.1 Å². The van der Waals surface area contributed by atoms with Gasteiger partial charge in [-0.3, -0.25) is 4.79 Å². The number of nitrogens with zero attached hydrogens (tertiary/aromatic N) is 3. The molecule has 6 nitrogen and oxygen atoms in total. The van der Waals surface area contributed by atoms with Gasteiger partial charge in [-0.15, -0.1) is 0 Å². The number of hydrogen-bond donors (Lipinski definition) is 0. The van der Waals surface area contributed by atoms with Crippen LogP contribution in [-0.4, -0.2) is 41.1 Å². The summed E-state index contributed by atoms with van der Waals surface area (Å²) in [6, 6.07) is 16.0. The van der Waals surface area contributed by atoms with Gasteiger partial charge in [-0.25, -0.2) is 0 Å². The Morgan fingerprint density at radius 2 is 1.97 bits per heavy atom. The van der Waals surface area contributed by atoms with E-state index in [0.29, 0.717) is 31.2 Å². The van der Waals surface area contributed by atoms with Crippen molar-refractivity contribution in [2.75, 3.05) is 20.2 Å². The lowest BCUT2D eigenvalue weighted by Crippen LogP contribution is -2.40. The summed E-state index contributed by atoms with van der Waals surface area (Å²) >= 11 is 0. The number of likely N-dealkylation sites (tertiary alicyclic amines) is 1. The summed E-state index contributed by atoms with van der Waals surface area (Å²) in [5, 5.41) is 4.18. The molecule has 0 radical (unpaired) electrons. The Hall–Kier alpha value is -3.15. The normalized spacial score (nSPS) is 16.8. The van der Waals surface area contributed by atoms with Gasteiger partial charge in [0.15, 0.2) is 0 Å². The molecule has 0 unspecified atom stereocenters. The van der Waals surface area contributed by atoms with Crippen LogP contribution in [0, 0.1) is 6.92 Å². The lowest BCUT2D eigenvalue weighted by Gasteiger charge is -2.31. The fourth-order valence-corrected chi connectivity index (χ4v) is 3.72. The Labute approximate surface area is 170 Å². The van der Waals surface area contributed by atoms with Crippen molar-refractivity contribution in [3.8, 4) is 17.1 Å². The first-order valence-electron chi connectivity index (χ1n) is 9.94. The van der Waals surface area contributed by atoms with Crippen LogP contribution in [0.3, 0.4) is 0 Å². The number of hydrogen-bond acceptors (Lipinski definition) is 5. The summed E-state index contributed by atoms with van der Waals surface area (Å²) < 4.78 is 10.8. The van der Waals surface area contributed by atoms with Gasteiger partial charge in [0.25, 0.3) is 0 Å². The first-order valence-corrected chi connectivity index (χ1v) is 9.94. The van der Waals surface area contributed by atoms with Gasteiger partial charge in [-0.1, -0.05) is 41.6 Å². The molecule has 1 atom stereocenters. The monoisotopic (exact) mass is 391 g/mol. The largest absolute Gasteiger partial charge is 0.497 e. The van der Waals surface area contributed by atoms with E-state index in [4.69, 9.17) is 9.26 Å². The van der Waals surface area contributed by atoms with Crippen molar-refractivity contribution in [3.05, 3.63) is 65.5 Å². The molecule has 0 aliphatic carbocycles. The molecular weight excluding hydrogens is 366 g/mol. The number of aromatic nitrogens is 2. The molecule has 0 spiro atoms. The van der Waals surface area contributed by atoms with Crippen molar-refractivity contribution >= 4 is 5.91 Å². The zero-order chi connectivity index (χ0) is 20.2. The second-order valence-corrected chi connectivity index (χ2v) is 7.44. The van der Waals surface area contributed by atoms with Gasteiger partial charge >= 0.3 is 0 Å². The molecule has 1 fully saturated rings. The third kappa shape index (κ3) is 4.31. The fraction of sp³-hybridized carbons (Fsp3) is 0.348. The van der Waals surface area contributed by atoms with Gasteiger partial charge in [-0.2, -0.15) is 4.98 Å². The van der Waals surface area contributed by atoms with Crippen molar-refractivity contribution in [1.29, 1.82) is 0 Å². The van der Waals surface area contributed by atoms with Gasteiger partial charge in [0, 0.05) is 25.1 Å². The quantitative estimate of drug-likeness (QED) is 0.635. The topological polar surface area (TPSA) is 68.5 Å². The van der Waals surface area contributed by atoms with Gasteiger partial charge in [0.05, 0.1) is 13.0 Å². The van der Waals surface area contributed by atoms with Gasteiger partial charge in [-0.05, 0) is 43.0 Å². The third-order valence-electron chi connectivity index (χ3n) is 5.51. The molecule has 6 heteroatoms. The molecule has 1 aromatic heterocycles. The number of ether oxygens (including phenoxy) is 1. The van der Waals surface area contributed by atoms with Crippen LogP contribution in [-0.2, 0) is 11.2 Å². The highest BCUT2D eigenvalue weighted by molar-refractivity contribution is 5.77. The molecule has 4 rings (SSSR count). The molecule has 1 aliphatic heterocycles. The Balaban J connectivity index is 1.42. The molecular formula is C23H25N3O3.